The molecule has 7 heteroatoms. The van der Waals surface area contributed by atoms with Crippen molar-refractivity contribution < 1.29 is 14.3 Å². The van der Waals surface area contributed by atoms with Gasteiger partial charge in [-0.05, 0) is 36.8 Å². The van der Waals surface area contributed by atoms with Gasteiger partial charge in [0.05, 0.1) is 17.7 Å². The summed E-state index contributed by atoms with van der Waals surface area (Å²) in [5, 5.41) is 5.74. The van der Waals surface area contributed by atoms with E-state index in [1.807, 2.05) is 37.4 Å². The number of rotatable bonds is 7. The molecule has 26 heavy (non-hydrogen) atoms. The van der Waals surface area contributed by atoms with E-state index in [9.17, 15) is 9.59 Å². The Morgan fingerprint density at radius 3 is 2.58 bits per heavy atom. The van der Waals surface area contributed by atoms with Gasteiger partial charge in [-0.25, -0.2) is 9.59 Å². The second-order valence-electron chi connectivity index (χ2n) is 5.68. The summed E-state index contributed by atoms with van der Waals surface area (Å²) in [6.45, 7) is 1.35. The van der Waals surface area contributed by atoms with E-state index in [1.165, 1.54) is 19.2 Å². The summed E-state index contributed by atoms with van der Waals surface area (Å²) in [5.41, 5.74) is 1.80. The maximum absolute atomic E-state index is 12.0. The van der Waals surface area contributed by atoms with Crippen molar-refractivity contribution in [1.29, 1.82) is 0 Å². The van der Waals surface area contributed by atoms with E-state index < -0.39 is 5.97 Å². The molecule has 2 aromatic carbocycles. The third-order valence-electron chi connectivity index (χ3n) is 3.78. The van der Waals surface area contributed by atoms with Crippen LogP contribution in [-0.2, 0) is 4.74 Å². The van der Waals surface area contributed by atoms with Gasteiger partial charge in [0, 0.05) is 31.5 Å². The van der Waals surface area contributed by atoms with Crippen LogP contribution in [0.4, 0.5) is 16.2 Å². The first-order chi connectivity index (χ1) is 12.5. The first-order valence-electron chi connectivity index (χ1n) is 8.20. The highest BCUT2D eigenvalue weighted by molar-refractivity contribution is 6.33. The van der Waals surface area contributed by atoms with Gasteiger partial charge < -0.3 is 20.3 Å². The monoisotopic (exact) mass is 375 g/mol. The molecule has 0 atom stereocenters. The number of carbonyl (C=O) groups is 2. The minimum Gasteiger partial charge on any atom is -0.465 e. The van der Waals surface area contributed by atoms with Gasteiger partial charge >= 0.3 is 12.0 Å². The highest BCUT2D eigenvalue weighted by atomic mass is 35.5. The fraction of sp³-hybridized carbons (Fsp3) is 0.263. The number of urea groups is 1. The molecule has 0 aliphatic carbocycles. The number of nitrogens with one attached hydrogen (secondary N) is 2. The molecule has 0 saturated carbocycles. The Balaban J connectivity index is 1.78. The van der Waals surface area contributed by atoms with Crippen LogP contribution >= 0.6 is 11.6 Å². The average molecular weight is 376 g/mol. The maximum atomic E-state index is 12.0. The lowest BCUT2D eigenvalue weighted by Gasteiger charge is -2.19. The van der Waals surface area contributed by atoms with Gasteiger partial charge in [0.25, 0.3) is 0 Å². The zero-order valence-electron chi connectivity index (χ0n) is 14.8. The van der Waals surface area contributed by atoms with E-state index >= 15 is 0 Å². The van der Waals surface area contributed by atoms with Gasteiger partial charge in [-0.15, -0.1) is 0 Å². The number of amides is 2. The molecule has 0 unspecified atom stereocenters. The van der Waals surface area contributed by atoms with Gasteiger partial charge in [-0.3, -0.25) is 0 Å². The van der Waals surface area contributed by atoms with Crippen LogP contribution in [0.15, 0.2) is 48.5 Å². The molecule has 2 rings (SSSR count). The molecule has 0 radical (unpaired) electrons. The van der Waals surface area contributed by atoms with Gasteiger partial charge in [0.2, 0.25) is 0 Å². The van der Waals surface area contributed by atoms with Crippen LogP contribution in [0.1, 0.15) is 16.8 Å². The minimum atomic E-state index is -0.553. The van der Waals surface area contributed by atoms with E-state index in [2.05, 4.69) is 20.3 Å². The highest BCUT2D eigenvalue weighted by Gasteiger charge is 2.12. The Kier molecular flexibility index (Phi) is 7.29. The third kappa shape index (κ3) is 5.67. The molecule has 2 aromatic rings. The summed E-state index contributed by atoms with van der Waals surface area (Å²) >= 11 is 5.96. The number of esters is 1. The van der Waals surface area contributed by atoms with E-state index in [-0.39, 0.29) is 16.6 Å². The second-order valence-corrected chi connectivity index (χ2v) is 6.08. The quantitative estimate of drug-likeness (QED) is 0.570. The zero-order chi connectivity index (χ0) is 18.9. The molecule has 2 N–H and O–H groups in total. The van der Waals surface area contributed by atoms with Crippen LogP contribution in [-0.4, -0.2) is 39.2 Å². The van der Waals surface area contributed by atoms with Crippen molar-refractivity contribution in [3.05, 3.63) is 59.1 Å². The van der Waals surface area contributed by atoms with Crippen molar-refractivity contribution in [1.82, 2.24) is 5.32 Å². The fourth-order valence-corrected chi connectivity index (χ4v) is 2.57. The number of carbonyl (C=O) groups excluding carboxylic acids is 2. The van der Waals surface area contributed by atoms with Crippen LogP contribution in [0.3, 0.4) is 0 Å². The number of anilines is 2. The van der Waals surface area contributed by atoms with E-state index in [0.717, 1.165) is 18.7 Å². The Labute approximate surface area is 158 Å². The number of ether oxygens (including phenoxy) is 1. The molecular weight excluding hydrogens is 354 g/mol. The Morgan fingerprint density at radius 2 is 1.88 bits per heavy atom. The molecule has 0 heterocycles. The number of hydrogen-bond acceptors (Lipinski definition) is 4. The number of nitrogens with zero attached hydrogens (tertiary/aromatic N) is 1. The van der Waals surface area contributed by atoms with Crippen LogP contribution in [0.25, 0.3) is 0 Å². The Hall–Kier alpha value is -2.73. The third-order valence-corrected chi connectivity index (χ3v) is 4.11. The highest BCUT2D eigenvalue weighted by Crippen LogP contribution is 2.21. The molecule has 0 aliphatic heterocycles. The van der Waals surface area contributed by atoms with Gasteiger partial charge in [0.1, 0.15) is 0 Å². The van der Waals surface area contributed by atoms with Crippen LogP contribution in [0.5, 0.6) is 0 Å². The predicted molar refractivity (Wildman–Crippen MR) is 104 cm³/mol. The van der Waals surface area contributed by atoms with Crippen molar-refractivity contribution in [2.75, 3.05) is 37.5 Å². The predicted octanol–water partition coefficient (Wildman–Crippen LogP) is 3.77. The first kappa shape index (κ1) is 19.6. The number of para-hydroxylation sites is 1. The van der Waals surface area contributed by atoms with E-state index in [0.29, 0.717) is 12.2 Å². The lowest BCUT2D eigenvalue weighted by molar-refractivity contribution is 0.0601. The molecule has 0 aromatic heterocycles. The van der Waals surface area contributed by atoms with E-state index in [1.54, 1.807) is 6.07 Å². The van der Waals surface area contributed by atoms with Gasteiger partial charge in [-0.2, -0.15) is 0 Å². The zero-order valence-corrected chi connectivity index (χ0v) is 15.5. The fourth-order valence-electron chi connectivity index (χ4n) is 2.37. The molecule has 0 bridgehead atoms. The van der Waals surface area contributed by atoms with Crippen molar-refractivity contribution in [2.45, 2.75) is 6.42 Å². The molecule has 2 amide bonds. The average Bonchev–Trinajstić information content (AvgIpc) is 2.66. The minimum absolute atomic E-state index is 0.205. The standard InChI is InChI=1S/C19H22ClN3O3/c1-23(15-7-4-3-5-8-15)12-6-11-21-19(25)22-14-9-10-17(20)16(13-14)18(24)26-2/h3-5,7-10,13H,6,11-12H2,1-2H3,(H2,21,22,25). The lowest BCUT2D eigenvalue weighted by Crippen LogP contribution is -2.31. The summed E-state index contributed by atoms with van der Waals surface area (Å²) in [7, 11) is 3.29. The van der Waals surface area contributed by atoms with Crippen molar-refractivity contribution in [3.8, 4) is 0 Å². The normalized spacial score (nSPS) is 10.1. The molecule has 0 aliphatic rings. The van der Waals surface area contributed by atoms with Crippen molar-refractivity contribution in [3.63, 3.8) is 0 Å². The van der Waals surface area contributed by atoms with Crippen LogP contribution in [0.2, 0.25) is 5.02 Å². The number of methoxy groups -OCH3 is 1. The smallest absolute Gasteiger partial charge is 0.339 e. The maximum Gasteiger partial charge on any atom is 0.339 e. The largest absolute Gasteiger partial charge is 0.465 e. The van der Waals surface area contributed by atoms with Gasteiger partial charge in [0.15, 0.2) is 0 Å². The summed E-state index contributed by atoms with van der Waals surface area (Å²) in [4.78, 5) is 25.7. The van der Waals surface area contributed by atoms with Crippen molar-refractivity contribution >= 4 is 35.0 Å². The molecular formula is C19H22ClN3O3. The van der Waals surface area contributed by atoms with Crippen molar-refractivity contribution in [2.24, 2.45) is 0 Å². The van der Waals surface area contributed by atoms with Crippen LogP contribution in [0, 0.1) is 0 Å². The number of benzene rings is 2. The second kappa shape index (κ2) is 9.68. The lowest BCUT2D eigenvalue weighted by atomic mass is 10.2. The Bertz CT molecular complexity index is 753. The molecule has 0 spiro atoms. The molecule has 0 fully saturated rings. The number of halogens is 1. The molecule has 0 saturated heterocycles. The van der Waals surface area contributed by atoms with Crippen LogP contribution < -0.4 is 15.5 Å². The number of hydrogen-bond donors (Lipinski definition) is 2. The molecule has 138 valence electrons. The van der Waals surface area contributed by atoms with Gasteiger partial charge in [-0.1, -0.05) is 29.8 Å². The topological polar surface area (TPSA) is 70.7 Å². The first-order valence-corrected chi connectivity index (χ1v) is 8.58. The summed E-state index contributed by atoms with van der Waals surface area (Å²) < 4.78 is 4.66. The Morgan fingerprint density at radius 1 is 1.15 bits per heavy atom. The summed E-state index contributed by atoms with van der Waals surface area (Å²) in [6.07, 6.45) is 0.798. The summed E-state index contributed by atoms with van der Waals surface area (Å²) in [5.74, 6) is -0.553. The molecule has 6 nitrogen and oxygen atoms in total. The summed E-state index contributed by atoms with van der Waals surface area (Å²) in [6, 6.07) is 14.3. The van der Waals surface area contributed by atoms with E-state index in [4.69, 9.17) is 11.6 Å². The SMILES string of the molecule is COC(=O)c1cc(NC(=O)NCCCN(C)c2ccccc2)ccc1Cl.